The van der Waals surface area contributed by atoms with Crippen LogP contribution in [0.5, 0.6) is 5.75 Å². The Hall–Kier alpha value is -2.86. The van der Waals surface area contributed by atoms with Crippen molar-refractivity contribution in [3.8, 4) is 27.6 Å². The lowest BCUT2D eigenvalue weighted by Crippen LogP contribution is -2.28. The fourth-order valence-corrected chi connectivity index (χ4v) is 4.31. The first-order valence-corrected chi connectivity index (χ1v) is 11.6. The molecule has 0 aliphatic carbocycles. The molecular formula is C25H20Cl2N2O2S. The molecule has 4 nitrogen and oxygen atoms in total. The molecule has 0 radical (unpaired) electrons. The summed E-state index contributed by atoms with van der Waals surface area (Å²) in [4.78, 5) is 16.9. The number of hydrogen-bond donors (Lipinski definition) is 1. The zero-order valence-electron chi connectivity index (χ0n) is 17.3. The van der Waals surface area contributed by atoms with Gasteiger partial charge >= 0.3 is 0 Å². The average Bonchev–Trinajstić information content (AvgIpc) is 3.28. The van der Waals surface area contributed by atoms with Gasteiger partial charge in [-0.05, 0) is 30.7 Å². The van der Waals surface area contributed by atoms with Gasteiger partial charge in [0, 0.05) is 28.1 Å². The lowest BCUT2D eigenvalue weighted by Gasteiger charge is -2.09. The molecule has 1 heterocycles. The van der Waals surface area contributed by atoms with Gasteiger partial charge < -0.3 is 10.1 Å². The molecule has 0 saturated carbocycles. The Morgan fingerprint density at radius 1 is 1.00 bits per heavy atom. The Balaban J connectivity index is 1.31. The van der Waals surface area contributed by atoms with Crippen LogP contribution in [0.4, 0.5) is 0 Å². The molecule has 4 aromatic rings. The van der Waals surface area contributed by atoms with Gasteiger partial charge in [0.2, 0.25) is 0 Å². The molecule has 1 amide bonds. The summed E-state index contributed by atoms with van der Waals surface area (Å²) in [5.74, 6) is 0.187. The maximum Gasteiger partial charge on any atom is 0.258 e. The highest BCUT2D eigenvalue weighted by atomic mass is 35.5. The van der Waals surface area contributed by atoms with Crippen molar-refractivity contribution in [1.29, 1.82) is 0 Å². The van der Waals surface area contributed by atoms with Crippen LogP contribution in [0.1, 0.15) is 11.1 Å². The summed E-state index contributed by atoms with van der Waals surface area (Å²) in [5, 5.41) is 6.76. The number of hydrogen-bond acceptors (Lipinski definition) is 4. The number of ether oxygens (including phenoxy) is 1. The Kier molecular flexibility index (Phi) is 7.10. The molecule has 0 aliphatic heterocycles. The number of amides is 1. The molecule has 0 aliphatic rings. The fourth-order valence-electron chi connectivity index (χ4n) is 3.02. The van der Waals surface area contributed by atoms with Crippen LogP contribution in [0.15, 0.2) is 72.1 Å². The van der Waals surface area contributed by atoms with Crippen LogP contribution in [0, 0.1) is 6.92 Å². The molecule has 0 atom stereocenters. The Bertz CT molecular complexity index is 1220. The SMILES string of the molecule is Cc1ccc(-c2csc(-c3ccc(CNC(=O)COc4ccc(Cl)cc4Cl)cc3)n2)cc1. The zero-order chi connectivity index (χ0) is 22.5. The molecule has 162 valence electrons. The summed E-state index contributed by atoms with van der Waals surface area (Å²) in [6, 6.07) is 21.2. The van der Waals surface area contributed by atoms with Crippen molar-refractivity contribution in [2.45, 2.75) is 13.5 Å². The third-order valence-corrected chi connectivity index (χ3v) is 6.22. The lowest BCUT2D eigenvalue weighted by atomic mass is 10.1. The van der Waals surface area contributed by atoms with Crippen LogP contribution in [0.2, 0.25) is 10.0 Å². The van der Waals surface area contributed by atoms with E-state index in [1.54, 1.807) is 29.5 Å². The summed E-state index contributed by atoms with van der Waals surface area (Å²) >= 11 is 13.5. The van der Waals surface area contributed by atoms with Gasteiger partial charge in [-0.25, -0.2) is 4.98 Å². The van der Waals surface area contributed by atoms with Gasteiger partial charge in [-0.15, -0.1) is 11.3 Å². The summed E-state index contributed by atoms with van der Waals surface area (Å²) in [6.07, 6.45) is 0. The second-order valence-corrected chi connectivity index (χ2v) is 8.94. The number of benzene rings is 3. The van der Waals surface area contributed by atoms with Crippen molar-refractivity contribution in [3.05, 3.63) is 93.3 Å². The number of aromatic nitrogens is 1. The van der Waals surface area contributed by atoms with Gasteiger partial charge in [0.15, 0.2) is 6.61 Å². The Labute approximate surface area is 200 Å². The molecule has 0 spiro atoms. The first-order chi connectivity index (χ1) is 15.5. The van der Waals surface area contributed by atoms with Gasteiger partial charge in [0.25, 0.3) is 5.91 Å². The van der Waals surface area contributed by atoms with Crippen molar-refractivity contribution >= 4 is 40.4 Å². The van der Waals surface area contributed by atoms with Gasteiger partial charge in [-0.2, -0.15) is 0 Å². The summed E-state index contributed by atoms with van der Waals surface area (Å²) in [5.41, 5.74) is 5.35. The van der Waals surface area contributed by atoms with E-state index in [9.17, 15) is 4.79 Å². The minimum Gasteiger partial charge on any atom is -0.482 e. The third-order valence-electron chi connectivity index (χ3n) is 4.79. The van der Waals surface area contributed by atoms with E-state index < -0.39 is 0 Å². The third kappa shape index (κ3) is 5.68. The van der Waals surface area contributed by atoms with E-state index in [1.165, 1.54) is 5.56 Å². The molecule has 7 heteroatoms. The van der Waals surface area contributed by atoms with Crippen molar-refractivity contribution in [3.63, 3.8) is 0 Å². The molecule has 32 heavy (non-hydrogen) atoms. The van der Waals surface area contributed by atoms with Crippen LogP contribution in [0.25, 0.3) is 21.8 Å². The molecule has 0 bridgehead atoms. The highest BCUT2D eigenvalue weighted by Gasteiger charge is 2.09. The number of halogens is 2. The number of carbonyl (C=O) groups is 1. The normalized spacial score (nSPS) is 10.7. The fraction of sp³-hybridized carbons (Fsp3) is 0.120. The topological polar surface area (TPSA) is 51.2 Å². The second-order valence-electron chi connectivity index (χ2n) is 7.24. The monoisotopic (exact) mass is 482 g/mol. The quantitative estimate of drug-likeness (QED) is 0.315. The van der Waals surface area contributed by atoms with Crippen molar-refractivity contribution < 1.29 is 9.53 Å². The maximum atomic E-state index is 12.1. The molecule has 0 fully saturated rings. The largest absolute Gasteiger partial charge is 0.482 e. The van der Waals surface area contributed by atoms with Crippen LogP contribution in [0.3, 0.4) is 0 Å². The summed E-state index contributed by atoms with van der Waals surface area (Å²) in [7, 11) is 0. The van der Waals surface area contributed by atoms with Crippen molar-refractivity contribution in [1.82, 2.24) is 10.3 Å². The number of nitrogens with zero attached hydrogens (tertiary/aromatic N) is 1. The van der Waals surface area contributed by atoms with Crippen molar-refractivity contribution in [2.24, 2.45) is 0 Å². The highest BCUT2D eigenvalue weighted by molar-refractivity contribution is 7.13. The van der Waals surface area contributed by atoms with E-state index in [0.717, 1.165) is 27.4 Å². The first-order valence-electron chi connectivity index (χ1n) is 9.94. The number of nitrogens with one attached hydrogen (secondary N) is 1. The second kappa shape index (κ2) is 10.2. The molecule has 0 unspecified atom stereocenters. The summed E-state index contributed by atoms with van der Waals surface area (Å²) in [6.45, 7) is 2.35. The molecule has 0 saturated heterocycles. The Morgan fingerprint density at radius 3 is 2.44 bits per heavy atom. The smallest absolute Gasteiger partial charge is 0.258 e. The van der Waals surface area contributed by atoms with Gasteiger partial charge in [-0.1, -0.05) is 77.3 Å². The predicted molar refractivity (Wildman–Crippen MR) is 132 cm³/mol. The maximum absolute atomic E-state index is 12.1. The minimum atomic E-state index is -0.234. The zero-order valence-corrected chi connectivity index (χ0v) is 19.6. The summed E-state index contributed by atoms with van der Waals surface area (Å²) < 4.78 is 5.45. The van der Waals surface area contributed by atoms with E-state index >= 15 is 0 Å². The number of rotatable bonds is 7. The minimum absolute atomic E-state index is 0.125. The van der Waals surface area contributed by atoms with Gasteiger partial charge in [0.05, 0.1) is 10.7 Å². The number of carbonyl (C=O) groups excluding carboxylic acids is 1. The molecule has 4 rings (SSSR count). The van der Waals surface area contributed by atoms with Crippen molar-refractivity contribution in [2.75, 3.05) is 6.61 Å². The van der Waals surface area contributed by atoms with Crippen LogP contribution >= 0.6 is 34.5 Å². The average molecular weight is 483 g/mol. The van der Waals surface area contributed by atoms with E-state index in [1.807, 2.05) is 24.3 Å². The van der Waals surface area contributed by atoms with E-state index in [4.69, 9.17) is 32.9 Å². The number of thiazole rings is 1. The standard InChI is InChI=1S/C25H20Cl2N2O2S/c1-16-2-6-18(7-3-16)22-15-32-25(29-22)19-8-4-17(5-9-19)13-28-24(30)14-31-23-11-10-20(26)12-21(23)27/h2-12,15H,13-14H2,1H3,(H,28,30). The van der Waals surface area contributed by atoms with Gasteiger partial charge in [-0.3, -0.25) is 4.79 Å². The van der Waals surface area contributed by atoms with Crippen LogP contribution in [-0.2, 0) is 11.3 Å². The molecule has 1 aromatic heterocycles. The van der Waals surface area contributed by atoms with Crippen LogP contribution < -0.4 is 10.1 Å². The lowest BCUT2D eigenvalue weighted by molar-refractivity contribution is -0.123. The van der Waals surface area contributed by atoms with E-state index in [-0.39, 0.29) is 12.5 Å². The Morgan fingerprint density at radius 2 is 1.72 bits per heavy atom. The molecule has 3 aromatic carbocycles. The highest BCUT2D eigenvalue weighted by Crippen LogP contribution is 2.29. The van der Waals surface area contributed by atoms with E-state index in [0.29, 0.717) is 22.3 Å². The molecular weight excluding hydrogens is 463 g/mol. The number of aryl methyl sites for hydroxylation is 1. The first kappa shape index (κ1) is 22.3. The van der Waals surface area contributed by atoms with Gasteiger partial charge in [0.1, 0.15) is 10.8 Å². The van der Waals surface area contributed by atoms with Crippen LogP contribution in [-0.4, -0.2) is 17.5 Å². The predicted octanol–water partition coefficient (Wildman–Crippen LogP) is 6.79. The molecule has 1 N–H and O–H groups in total. The van der Waals surface area contributed by atoms with E-state index in [2.05, 4.69) is 41.9 Å².